The highest BCUT2D eigenvalue weighted by molar-refractivity contribution is 5.79. The predicted octanol–water partition coefficient (Wildman–Crippen LogP) is 4.15. The molecule has 0 aliphatic carbocycles. The molecule has 0 heterocycles. The molecular formula is C21H26O4. The fourth-order valence-corrected chi connectivity index (χ4v) is 2.30. The molecule has 0 aromatic heterocycles. The van der Waals surface area contributed by atoms with Gasteiger partial charge in [-0.15, -0.1) is 0 Å². The van der Waals surface area contributed by atoms with Crippen LogP contribution in [0.2, 0.25) is 0 Å². The number of hydrogen-bond acceptors (Lipinski definition) is 4. The second kappa shape index (κ2) is 11.3. The molecule has 25 heavy (non-hydrogen) atoms. The van der Waals surface area contributed by atoms with Crippen molar-refractivity contribution in [2.75, 3.05) is 40.1 Å². The van der Waals surface area contributed by atoms with Gasteiger partial charge in [0.1, 0.15) is 12.4 Å². The van der Waals surface area contributed by atoms with E-state index in [4.69, 9.17) is 18.9 Å². The van der Waals surface area contributed by atoms with Gasteiger partial charge >= 0.3 is 0 Å². The van der Waals surface area contributed by atoms with Gasteiger partial charge in [-0.2, -0.15) is 0 Å². The Morgan fingerprint density at radius 3 is 2.12 bits per heavy atom. The first-order valence-electron chi connectivity index (χ1n) is 8.52. The third-order valence-corrected chi connectivity index (χ3v) is 3.61. The Morgan fingerprint density at radius 2 is 1.44 bits per heavy atom. The van der Waals surface area contributed by atoms with Crippen LogP contribution in [0.25, 0.3) is 5.57 Å². The zero-order valence-corrected chi connectivity index (χ0v) is 14.9. The Hall–Kier alpha value is -2.30. The lowest BCUT2D eigenvalue weighted by Gasteiger charge is -2.10. The zero-order valence-electron chi connectivity index (χ0n) is 14.9. The highest BCUT2D eigenvalue weighted by Crippen LogP contribution is 2.25. The SMILES string of the molecule is CCOCCOCCOC=C(c1ccccc1)c1ccc(OC)cc1. The van der Waals surface area contributed by atoms with E-state index in [0.717, 1.165) is 22.4 Å². The second-order valence-corrected chi connectivity index (χ2v) is 5.31. The summed E-state index contributed by atoms with van der Waals surface area (Å²) < 4.78 is 21.6. The van der Waals surface area contributed by atoms with Crippen LogP contribution in [0.4, 0.5) is 0 Å². The van der Waals surface area contributed by atoms with E-state index in [1.165, 1.54) is 0 Å². The third-order valence-electron chi connectivity index (χ3n) is 3.61. The van der Waals surface area contributed by atoms with Gasteiger partial charge in [-0.25, -0.2) is 0 Å². The van der Waals surface area contributed by atoms with Crippen molar-refractivity contribution in [1.82, 2.24) is 0 Å². The molecule has 0 bridgehead atoms. The minimum Gasteiger partial charge on any atom is -0.498 e. The fraction of sp³-hybridized carbons (Fsp3) is 0.333. The van der Waals surface area contributed by atoms with Crippen LogP contribution >= 0.6 is 0 Å². The summed E-state index contributed by atoms with van der Waals surface area (Å²) in [6, 6.07) is 18.1. The molecule has 0 aliphatic heterocycles. The van der Waals surface area contributed by atoms with Gasteiger partial charge in [0.25, 0.3) is 0 Å². The number of benzene rings is 2. The smallest absolute Gasteiger partial charge is 0.118 e. The average Bonchev–Trinajstić information content (AvgIpc) is 2.68. The molecule has 2 rings (SSSR count). The van der Waals surface area contributed by atoms with Crippen LogP contribution in [0.3, 0.4) is 0 Å². The molecule has 2 aromatic carbocycles. The van der Waals surface area contributed by atoms with Crippen molar-refractivity contribution in [2.45, 2.75) is 6.92 Å². The summed E-state index contributed by atoms with van der Waals surface area (Å²) in [7, 11) is 1.66. The zero-order chi connectivity index (χ0) is 17.7. The van der Waals surface area contributed by atoms with E-state index in [0.29, 0.717) is 33.0 Å². The molecule has 0 N–H and O–H groups in total. The lowest BCUT2D eigenvalue weighted by molar-refractivity contribution is 0.0343. The molecule has 0 aliphatic rings. The second-order valence-electron chi connectivity index (χ2n) is 5.31. The van der Waals surface area contributed by atoms with Crippen molar-refractivity contribution in [2.24, 2.45) is 0 Å². The van der Waals surface area contributed by atoms with Gasteiger partial charge < -0.3 is 18.9 Å². The minimum absolute atomic E-state index is 0.499. The number of hydrogen-bond donors (Lipinski definition) is 0. The van der Waals surface area contributed by atoms with E-state index in [2.05, 4.69) is 12.1 Å². The molecule has 0 unspecified atom stereocenters. The van der Waals surface area contributed by atoms with Crippen molar-refractivity contribution >= 4 is 5.57 Å². The van der Waals surface area contributed by atoms with E-state index in [9.17, 15) is 0 Å². The first-order chi connectivity index (χ1) is 12.3. The summed E-state index contributed by atoms with van der Waals surface area (Å²) in [6.07, 6.45) is 1.79. The van der Waals surface area contributed by atoms with Crippen LogP contribution in [-0.4, -0.2) is 40.1 Å². The summed E-state index contributed by atoms with van der Waals surface area (Å²) in [6.45, 7) is 4.92. The molecule has 4 heteroatoms. The highest BCUT2D eigenvalue weighted by Gasteiger charge is 2.06. The van der Waals surface area contributed by atoms with Gasteiger partial charge in [0.15, 0.2) is 0 Å². The van der Waals surface area contributed by atoms with Gasteiger partial charge in [0.05, 0.1) is 33.2 Å². The molecule has 0 atom stereocenters. The van der Waals surface area contributed by atoms with Gasteiger partial charge in [-0.1, -0.05) is 42.5 Å². The van der Waals surface area contributed by atoms with Crippen LogP contribution < -0.4 is 4.74 Å². The molecule has 0 spiro atoms. The van der Waals surface area contributed by atoms with Crippen LogP contribution in [0, 0.1) is 0 Å². The first-order valence-corrected chi connectivity index (χ1v) is 8.52. The summed E-state index contributed by atoms with van der Waals surface area (Å²) in [4.78, 5) is 0. The summed E-state index contributed by atoms with van der Waals surface area (Å²) >= 11 is 0. The average molecular weight is 342 g/mol. The topological polar surface area (TPSA) is 36.9 Å². The van der Waals surface area contributed by atoms with Gasteiger partial charge in [0.2, 0.25) is 0 Å². The lowest BCUT2D eigenvalue weighted by Crippen LogP contribution is -2.08. The standard InChI is InChI=1S/C21H26O4/c1-3-23-13-14-24-15-16-25-17-21(18-7-5-4-6-8-18)19-9-11-20(22-2)12-10-19/h4-12,17H,3,13-16H2,1-2H3. The molecule has 2 aromatic rings. The van der Waals surface area contributed by atoms with Gasteiger partial charge in [-0.3, -0.25) is 0 Å². The summed E-state index contributed by atoms with van der Waals surface area (Å²) in [5, 5.41) is 0. The van der Waals surface area contributed by atoms with Crippen LogP contribution in [0.1, 0.15) is 18.1 Å². The maximum Gasteiger partial charge on any atom is 0.118 e. The first kappa shape index (κ1) is 19.0. The lowest BCUT2D eigenvalue weighted by atomic mass is 9.99. The molecule has 0 fully saturated rings. The van der Waals surface area contributed by atoms with Crippen molar-refractivity contribution in [3.8, 4) is 5.75 Å². The normalized spacial score (nSPS) is 11.4. The van der Waals surface area contributed by atoms with Crippen LogP contribution in [-0.2, 0) is 14.2 Å². The molecule has 0 saturated carbocycles. The number of ether oxygens (including phenoxy) is 4. The van der Waals surface area contributed by atoms with E-state index < -0.39 is 0 Å². The van der Waals surface area contributed by atoms with Crippen molar-refractivity contribution in [3.05, 3.63) is 72.0 Å². The largest absolute Gasteiger partial charge is 0.498 e. The molecule has 0 saturated heterocycles. The molecule has 0 radical (unpaired) electrons. The van der Waals surface area contributed by atoms with Crippen molar-refractivity contribution in [1.29, 1.82) is 0 Å². The maximum atomic E-state index is 5.71. The van der Waals surface area contributed by atoms with E-state index in [1.54, 1.807) is 13.4 Å². The quantitative estimate of drug-likeness (QED) is 0.454. The van der Waals surface area contributed by atoms with E-state index in [-0.39, 0.29) is 0 Å². The van der Waals surface area contributed by atoms with Crippen molar-refractivity contribution in [3.63, 3.8) is 0 Å². The monoisotopic (exact) mass is 342 g/mol. The predicted molar refractivity (Wildman–Crippen MR) is 99.8 cm³/mol. The summed E-state index contributed by atoms with van der Waals surface area (Å²) in [5.41, 5.74) is 3.20. The molecule has 134 valence electrons. The highest BCUT2D eigenvalue weighted by atomic mass is 16.5. The summed E-state index contributed by atoms with van der Waals surface area (Å²) in [5.74, 6) is 0.833. The van der Waals surface area contributed by atoms with E-state index in [1.807, 2.05) is 49.4 Å². The third kappa shape index (κ3) is 6.61. The van der Waals surface area contributed by atoms with Gasteiger partial charge in [0, 0.05) is 12.2 Å². The van der Waals surface area contributed by atoms with Crippen LogP contribution in [0.15, 0.2) is 60.9 Å². The molecule has 4 nitrogen and oxygen atoms in total. The Balaban J connectivity index is 1.97. The van der Waals surface area contributed by atoms with E-state index >= 15 is 0 Å². The Kier molecular flexibility index (Phi) is 8.59. The van der Waals surface area contributed by atoms with Crippen molar-refractivity contribution < 1.29 is 18.9 Å². The minimum atomic E-state index is 0.499. The Bertz CT molecular complexity index is 620. The van der Waals surface area contributed by atoms with Crippen LogP contribution in [0.5, 0.6) is 5.75 Å². The number of rotatable bonds is 11. The number of methoxy groups -OCH3 is 1. The molecular weight excluding hydrogens is 316 g/mol. The Morgan fingerprint density at radius 1 is 0.800 bits per heavy atom. The Labute approximate surface area is 150 Å². The molecule has 0 amide bonds. The maximum absolute atomic E-state index is 5.71. The van der Waals surface area contributed by atoms with Gasteiger partial charge in [-0.05, 0) is 30.2 Å². The fourth-order valence-electron chi connectivity index (χ4n) is 2.30.